The predicted octanol–water partition coefficient (Wildman–Crippen LogP) is 3.37. The molecule has 1 amide bonds. The summed E-state index contributed by atoms with van der Waals surface area (Å²) in [5.41, 5.74) is -3.37. The molecule has 1 N–H and O–H groups in total. The van der Waals surface area contributed by atoms with Crippen molar-refractivity contribution in [2.24, 2.45) is 0 Å². The highest BCUT2D eigenvalue weighted by atomic mass is 19.4. The summed E-state index contributed by atoms with van der Waals surface area (Å²) < 4.78 is 73.1. The zero-order chi connectivity index (χ0) is 21.9. The van der Waals surface area contributed by atoms with Crippen molar-refractivity contribution in [2.45, 2.75) is 26.3 Å². The molecule has 2 aromatic rings. The number of nitrogens with one attached hydrogen (secondary N) is 1. The third-order valence-corrected chi connectivity index (χ3v) is 3.58. The van der Waals surface area contributed by atoms with Gasteiger partial charge in [0.25, 0.3) is 0 Å². The fourth-order valence-corrected chi connectivity index (χ4v) is 2.38. The second-order valence-corrected chi connectivity index (χ2v) is 5.49. The van der Waals surface area contributed by atoms with Crippen LogP contribution in [0.3, 0.4) is 0 Å². The monoisotopic (exact) mass is 424 g/mol. The van der Waals surface area contributed by atoms with Crippen LogP contribution in [-0.4, -0.2) is 34.3 Å². The standard InChI is InChI=1S/C15H13F5N4O5/c1-7-12(24(26)27)13(15(18,19)20)22-23(7)6-11(25)21-8-3-4-9(29-14(16)17)10(5-8)28-2/h3-5,14H,6H2,1-2H3,(H,21,25). The maximum Gasteiger partial charge on any atom is 0.442 e. The molecular weight excluding hydrogens is 411 g/mol. The molecular formula is C15H13F5N4O5. The van der Waals surface area contributed by atoms with Crippen molar-refractivity contribution in [3.05, 3.63) is 39.7 Å². The second kappa shape index (κ2) is 8.28. The Kier molecular flexibility index (Phi) is 6.24. The summed E-state index contributed by atoms with van der Waals surface area (Å²) in [4.78, 5) is 21.8. The average molecular weight is 424 g/mol. The van der Waals surface area contributed by atoms with Crippen LogP contribution >= 0.6 is 0 Å². The van der Waals surface area contributed by atoms with Gasteiger partial charge in [-0.15, -0.1) is 0 Å². The van der Waals surface area contributed by atoms with Crippen molar-refractivity contribution in [3.8, 4) is 11.5 Å². The highest BCUT2D eigenvalue weighted by molar-refractivity contribution is 5.91. The molecule has 1 heterocycles. The lowest BCUT2D eigenvalue weighted by Gasteiger charge is -2.12. The van der Waals surface area contributed by atoms with Crippen molar-refractivity contribution in [3.63, 3.8) is 0 Å². The quantitative estimate of drug-likeness (QED) is 0.415. The lowest BCUT2D eigenvalue weighted by atomic mass is 10.2. The molecule has 158 valence electrons. The summed E-state index contributed by atoms with van der Waals surface area (Å²) >= 11 is 0. The van der Waals surface area contributed by atoms with Crippen LogP contribution in [-0.2, 0) is 17.5 Å². The summed E-state index contributed by atoms with van der Waals surface area (Å²) in [6, 6.07) is 3.43. The minimum absolute atomic E-state index is 0.0591. The van der Waals surface area contributed by atoms with Crippen molar-refractivity contribution in [1.82, 2.24) is 9.78 Å². The number of nitrogens with zero attached hydrogens (tertiary/aromatic N) is 3. The summed E-state index contributed by atoms with van der Waals surface area (Å²) in [6.45, 7) is -2.85. The molecule has 14 heteroatoms. The van der Waals surface area contributed by atoms with Gasteiger partial charge in [0.05, 0.1) is 12.0 Å². The van der Waals surface area contributed by atoms with Gasteiger partial charge in [0.1, 0.15) is 12.2 Å². The van der Waals surface area contributed by atoms with Gasteiger partial charge in [-0.25, -0.2) is 0 Å². The summed E-state index contributed by atoms with van der Waals surface area (Å²) in [5.74, 6) is -1.30. The van der Waals surface area contributed by atoms with Crippen LogP contribution in [0.1, 0.15) is 11.4 Å². The first kappa shape index (κ1) is 21.8. The summed E-state index contributed by atoms with van der Waals surface area (Å²) in [7, 11) is 1.17. The molecule has 29 heavy (non-hydrogen) atoms. The largest absolute Gasteiger partial charge is 0.493 e. The maximum atomic E-state index is 12.9. The number of methoxy groups -OCH3 is 1. The van der Waals surface area contributed by atoms with Crippen molar-refractivity contribution in [2.75, 3.05) is 12.4 Å². The smallest absolute Gasteiger partial charge is 0.442 e. The fourth-order valence-electron chi connectivity index (χ4n) is 2.38. The molecule has 1 aromatic heterocycles. The van der Waals surface area contributed by atoms with E-state index in [1.165, 1.54) is 13.2 Å². The SMILES string of the molecule is COc1cc(NC(=O)Cn2nc(C(F)(F)F)c([N+](=O)[O-])c2C)ccc1OC(F)F. The van der Waals surface area contributed by atoms with E-state index in [0.29, 0.717) is 4.68 Å². The Bertz CT molecular complexity index is 929. The summed E-state index contributed by atoms with van der Waals surface area (Å²) in [5, 5.41) is 16.4. The molecule has 0 bridgehead atoms. The van der Waals surface area contributed by atoms with Crippen LogP contribution in [0, 0.1) is 17.0 Å². The molecule has 0 saturated heterocycles. The topological polar surface area (TPSA) is 109 Å². The Labute approximate surface area is 159 Å². The van der Waals surface area contributed by atoms with Crippen LogP contribution < -0.4 is 14.8 Å². The van der Waals surface area contributed by atoms with Gasteiger partial charge in [0, 0.05) is 11.8 Å². The van der Waals surface area contributed by atoms with Crippen molar-refractivity contribution in [1.29, 1.82) is 0 Å². The van der Waals surface area contributed by atoms with Crippen LogP contribution in [0.15, 0.2) is 18.2 Å². The average Bonchev–Trinajstić information content (AvgIpc) is 2.92. The van der Waals surface area contributed by atoms with Crippen LogP contribution in [0.5, 0.6) is 11.5 Å². The molecule has 0 fully saturated rings. The van der Waals surface area contributed by atoms with E-state index in [2.05, 4.69) is 15.2 Å². The Hall–Kier alpha value is -3.45. The van der Waals surface area contributed by atoms with E-state index >= 15 is 0 Å². The van der Waals surface area contributed by atoms with Gasteiger partial charge in [-0.05, 0) is 19.1 Å². The van der Waals surface area contributed by atoms with Gasteiger partial charge in [0.15, 0.2) is 11.5 Å². The molecule has 0 atom stereocenters. The number of benzene rings is 1. The second-order valence-electron chi connectivity index (χ2n) is 5.49. The van der Waals surface area contributed by atoms with Gasteiger partial charge in [0.2, 0.25) is 11.6 Å². The zero-order valence-electron chi connectivity index (χ0n) is 14.8. The van der Waals surface area contributed by atoms with E-state index in [1.807, 2.05) is 0 Å². The molecule has 0 spiro atoms. The molecule has 1 aromatic carbocycles. The number of aromatic nitrogens is 2. The minimum atomic E-state index is -5.08. The van der Waals surface area contributed by atoms with Gasteiger partial charge >= 0.3 is 18.5 Å². The lowest BCUT2D eigenvalue weighted by molar-refractivity contribution is -0.388. The molecule has 0 saturated carbocycles. The molecule has 0 unspecified atom stereocenters. The maximum absolute atomic E-state index is 12.9. The highest BCUT2D eigenvalue weighted by Gasteiger charge is 2.44. The first-order valence-corrected chi connectivity index (χ1v) is 7.65. The first-order chi connectivity index (χ1) is 13.4. The number of hydrogen-bond donors (Lipinski definition) is 1. The molecule has 0 aliphatic carbocycles. The van der Waals surface area contributed by atoms with Crippen molar-refractivity contribution >= 4 is 17.3 Å². The van der Waals surface area contributed by atoms with E-state index in [0.717, 1.165) is 19.1 Å². The predicted molar refractivity (Wildman–Crippen MR) is 86.9 cm³/mol. The number of hydrogen-bond acceptors (Lipinski definition) is 6. The third kappa shape index (κ3) is 5.08. The number of carbonyl (C=O) groups is 1. The van der Waals surface area contributed by atoms with Crippen molar-refractivity contribution < 1.29 is 41.1 Å². The van der Waals surface area contributed by atoms with Gasteiger partial charge < -0.3 is 14.8 Å². The van der Waals surface area contributed by atoms with Crippen LogP contribution in [0.2, 0.25) is 0 Å². The first-order valence-electron chi connectivity index (χ1n) is 7.65. The fraction of sp³-hybridized carbons (Fsp3) is 0.333. The Balaban J connectivity index is 2.23. The zero-order valence-corrected chi connectivity index (χ0v) is 14.8. The normalized spacial score (nSPS) is 11.4. The number of rotatable bonds is 7. The molecule has 0 aliphatic rings. The third-order valence-electron chi connectivity index (χ3n) is 3.58. The molecule has 0 aliphatic heterocycles. The number of carbonyl (C=O) groups excluding carboxylic acids is 1. The van der Waals surface area contributed by atoms with Crippen LogP contribution in [0.4, 0.5) is 33.3 Å². The van der Waals surface area contributed by atoms with Gasteiger partial charge in [-0.2, -0.15) is 27.1 Å². The van der Waals surface area contributed by atoms with E-state index in [1.54, 1.807) is 0 Å². The lowest BCUT2D eigenvalue weighted by Crippen LogP contribution is -2.21. The van der Waals surface area contributed by atoms with Crippen LogP contribution in [0.25, 0.3) is 0 Å². The number of ether oxygens (including phenoxy) is 2. The number of anilines is 1. The summed E-state index contributed by atoms with van der Waals surface area (Å²) in [6.07, 6.45) is -5.08. The van der Waals surface area contributed by atoms with E-state index in [9.17, 15) is 36.9 Å². The Morgan fingerprint density at radius 3 is 2.48 bits per heavy atom. The van der Waals surface area contributed by atoms with E-state index in [-0.39, 0.29) is 17.2 Å². The van der Waals surface area contributed by atoms with E-state index < -0.39 is 47.2 Å². The molecule has 9 nitrogen and oxygen atoms in total. The minimum Gasteiger partial charge on any atom is -0.493 e. The molecule has 0 radical (unpaired) electrons. The van der Waals surface area contributed by atoms with Gasteiger partial charge in [-0.3, -0.25) is 19.6 Å². The Morgan fingerprint density at radius 2 is 2.00 bits per heavy atom. The highest BCUT2D eigenvalue weighted by Crippen LogP contribution is 2.37. The number of alkyl halides is 5. The number of halogens is 5. The Morgan fingerprint density at radius 1 is 1.34 bits per heavy atom. The number of nitro groups is 1. The molecule has 2 rings (SSSR count). The van der Waals surface area contributed by atoms with Gasteiger partial charge in [-0.1, -0.05) is 0 Å². The number of amides is 1. The van der Waals surface area contributed by atoms with E-state index in [4.69, 9.17) is 4.74 Å².